The van der Waals surface area contributed by atoms with Crippen LogP contribution in [-0.4, -0.2) is 10.9 Å². The van der Waals surface area contributed by atoms with Crippen LogP contribution in [0.2, 0.25) is 0 Å². The molecule has 0 saturated carbocycles. The van der Waals surface area contributed by atoms with Gasteiger partial charge in [-0.15, -0.1) is 0 Å². The molecule has 7 heteroatoms. The van der Waals surface area contributed by atoms with Gasteiger partial charge < -0.3 is 4.74 Å². The van der Waals surface area contributed by atoms with Crippen LogP contribution in [0.1, 0.15) is 12.5 Å². The maximum Gasteiger partial charge on any atom is 0.305 e. The fraction of sp³-hybridized carbons (Fsp3) is 0.222. The molecule has 0 saturated heterocycles. The minimum atomic E-state index is -1.33. The van der Waals surface area contributed by atoms with Crippen molar-refractivity contribution in [2.45, 2.75) is 13.5 Å². The van der Waals surface area contributed by atoms with Gasteiger partial charge in [0.1, 0.15) is 12.4 Å². The summed E-state index contributed by atoms with van der Waals surface area (Å²) in [5.74, 6) is -3.05. The molecule has 1 rings (SSSR count). The Morgan fingerprint density at radius 1 is 1.50 bits per heavy atom. The number of rotatable bonds is 3. The van der Waals surface area contributed by atoms with Crippen molar-refractivity contribution >= 4 is 11.7 Å². The Kier molecular flexibility index (Phi) is 3.49. The molecule has 0 amide bonds. The number of ether oxygens (including phenoxy) is 1. The number of hydrogen-bond donors (Lipinski definition) is 0. The zero-order valence-corrected chi connectivity index (χ0v) is 8.20. The van der Waals surface area contributed by atoms with Gasteiger partial charge >= 0.3 is 11.7 Å². The molecule has 0 aromatic heterocycles. The highest BCUT2D eigenvalue weighted by molar-refractivity contribution is 5.66. The highest BCUT2D eigenvalue weighted by atomic mass is 19.1. The molecule has 0 atom stereocenters. The van der Waals surface area contributed by atoms with E-state index in [1.165, 1.54) is 0 Å². The van der Waals surface area contributed by atoms with Crippen molar-refractivity contribution in [1.82, 2.24) is 0 Å². The van der Waals surface area contributed by atoms with Crippen LogP contribution in [0.3, 0.4) is 0 Å². The van der Waals surface area contributed by atoms with Gasteiger partial charge in [-0.1, -0.05) is 0 Å². The lowest BCUT2D eigenvalue weighted by atomic mass is 10.2. The Balaban J connectivity index is 3.11. The number of nitrogens with zero attached hydrogens (tertiary/aromatic N) is 1. The molecule has 0 radical (unpaired) electrons. The number of carbonyl (C=O) groups excluding carboxylic acids is 1. The Hall–Kier alpha value is -2.05. The maximum absolute atomic E-state index is 13.4. The van der Waals surface area contributed by atoms with E-state index in [0.29, 0.717) is 6.07 Å². The van der Waals surface area contributed by atoms with Crippen molar-refractivity contribution in [3.05, 3.63) is 39.4 Å². The van der Waals surface area contributed by atoms with Gasteiger partial charge in [0.25, 0.3) is 0 Å². The summed E-state index contributed by atoms with van der Waals surface area (Å²) in [5.41, 5.74) is -1.49. The Bertz CT molecular complexity index is 447. The Labute approximate surface area is 88.8 Å². The molecule has 86 valence electrons. The summed E-state index contributed by atoms with van der Waals surface area (Å²) in [6, 6.07) is 1.46. The molecule has 5 nitrogen and oxygen atoms in total. The number of halogens is 2. The largest absolute Gasteiger partial charge is 0.461 e. The van der Waals surface area contributed by atoms with Gasteiger partial charge in [0.05, 0.1) is 10.5 Å². The van der Waals surface area contributed by atoms with Gasteiger partial charge in [-0.05, 0) is 6.07 Å². The molecular formula is C9H7F2NO4. The average molecular weight is 231 g/mol. The summed E-state index contributed by atoms with van der Waals surface area (Å²) in [6.07, 6.45) is 0. The summed E-state index contributed by atoms with van der Waals surface area (Å²) < 4.78 is 30.8. The predicted octanol–water partition coefficient (Wildman–Crippen LogP) is 1.94. The zero-order valence-electron chi connectivity index (χ0n) is 8.20. The highest BCUT2D eigenvalue weighted by Gasteiger charge is 2.21. The molecule has 0 N–H and O–H groups in total. The monoisotopic (exact) mass is 231 g/mol. The lowest BCUT2D eigenvalue weighted by Crippen LogP contribution is -2.05. The second-order valence-electron chi connectivity index (χ2n) is 2.90. The van der Waals surface area contributed by atoms with E-state index in [-0.39, 0.29) is 0 Å². The second-order valence-corrected chi connectivity index (χ2v) is 2.90. The van der Waals surface area contributed by atoms with Crippen LogP contribution in [0, 0.1) is 21.7 Å². The van der Waals surface area contributed by atoms with E-state index in [2.05, 4.69) is 4.74 Å². The smallest absolute Gasteiger partial charge is 0.305 e. The summed E-state index contributed by atoms with van der Waals surface area (Å²) >= 11 is 0. The van der Waals surface area contributed by atoms with Crippen molar-refractivity contribution in [1.29, 1.82) is 0 Å². The number of nitro groups is 1. The summed E-state index contributed by atoms with van der Waals surface area (Å²) in [4.78, 5) is 19.8. The van der Waals surface area contributed by atoms with E-state index in [0.717, 1.165) is 13.0 Å². The van der Waals surface area contributed by atoms with Crippen LogP contribution in [0.25, 0.3) is 0 Å². The van der Waals surface area contributed by atoms with Crippen molar-refractivity contribution in [3.8, 4) is 0 Å². The molecule has 0 fully saturated rings. The zero-order chi connectivity index (χ0) is 12.3. The molecule has 0 aliphatic carbocycles. The standard InChI is InChI=1S/C9H7F2NO4/c1-5(13)16-4-6-7(10)2-3-8(9(6)11)12(14)15/h2-3H,4H2,1H3. The van der Waals surface area contributed by atoms with Crippen LogP contribution in [0.15, 0.2) is 12.1 Å². The minimum absolute atomic E-state index is 0.635. The quantitative estimate of drug-likeness (QED) is 0.452. The van der Waals surface area contributed by atoms with E-state index in [1.54, 1.807) is 0 Å². The highest BCUT2D eigenvalue weighted by Crippen LogP contribution is 2.23. The predicted molar refractivity (Wildman–Crippen MR) is 48.5 cm³/mol. The van der Waals surface area contributed by atoms with Crippen molar-refractivity contribution in [2.24, 2.45) is 0 Å². The van der Waals surface area contributed by atoms with Crippen molar-refractivity contribution < 1.29 is 23.2 Å². The van der Waals surface area contributed by atoms with E-state index in [4.69, 9.17) is 0 Å². The molecule has 0 heterocycles. The summed E-state index contributed by atoms with van der Waals surface area (Å²) in [7, 11) is 0. The molecule has 0 bridgehead atoms. The first-order chi connectivity index (χ1) is 7.43. The topological polar surface area (TPSA) is 69.4 Å². The molecule has 16 heavy (non-hydrogen) atoms. The maximum atomic E-state index is 13.4. The third-order valence-electron chi connectivity index (χ3n) is 1.78. The molecule has 0 unspecified atom stereocenters. The first kappa shape index (κ1) is 12.0. The van der Waals surface area contributed by atoms with Crippen molar-refractivity contribution in [3.63, 3.8) is 0 Å². The number of carbonyl (C=O) groups is 1. The Morgan fingerprint density at radius 3 is 2.62 bits per heavy atom. The van der Waals surface area contributed by atoms with E-state index in [9.17, 15) is 23.7 Å². The van der Waals surface area contributed by atoms with Crippen LogP contribution in [0.5, 0.6) is 0 Å². The number of hydrogen-bond acceptors (Lipinski definition) is 4. The van der Waals surface area contributed by atoms with Gasteiger partial charge in [0.15, 0.2) is 0 Å². The number of benzene rings is 1. The third kappa shape index (κ3) is 2.50. The molecular weight excluding hydrogens is 224 g/mol. The molecule has 1 aromatic rings. The van der Waals surface area contributed by atoms with E-state index in [1.807, 2.05) is 0 Å². The summed E-state index contributed by atoms with van der Waals surface area (Å²) in [5, 5.41) is 10.4. The average Bonchev–Trinajstić information content (AvgIpc) is 2.16. The number of nitro benzene ring substituents is 1. The van der Waals surface area contributed by atoms with Gasteiger partial charge in [-0.3, -0.25) is 14.9 Å². The van der Waals surface area contributed by atoms with E-state index >= 15 is 0 Å². The molecule has 1 aromatic carbocycles. The Morgan fingerprint density at radius 2 is 2.12 bits per heavy atom. The SMILES string of the molecule is CC(=O)OCc1c(F)ccc([N+](=O)[O-])c1F. The normalized spacial score (nSPS) is 9.94. The molecule has 0 aliphatic heterocycles. The van der Waals surface area contributed by atoms with Crippen LogP contribution in [0.4, 0.5) is 14.5 Å². The minimum Gasteiger partial charge on any atom is -0.461 e. The lowest BCUT2D eigenvalue weighted by Gasteiger charge is -2.05. The van der Waals surface area contributed by atoms with Gasteiger partial charge in [-0.2, -0.15) is 4.39 Å². The first-order valence-corrected chi connectivity index (χ1v) is 4.18. The van der Waals surface area contributed by atoms with Crippen LogP contribution in [-0.2, 0) is 16.1 Å². The summed E-state index contributed by atoms with van der Waals surface area (Å²) in [6.45, 7) is 0.391. The van der Waals surface area contributed by atoms with Gasteiger partial charge in [0.2, 0.25) is 5.82 Å². The molecule has 0 aliphatic rings. The van der Waals surface area contributed by atoms with E-state index < -0.39 is 40.4 Å². The fourth-order valence-electron chi connectivity index (χ4n) is 1.03. The fourth-order valence-corrected chi connectivity index (χ4v) is 1.03. The third-order valence-corrected chi connectivity index (χ3v) is 1.78. The van der Waals surface area contributed by atoms with Crippen LogP contribution >= 0.6 is 0 Å². The van der Waals surface area contributed by atoms with Crippen molar-refractivity contribution in [2.75, 3.05) is 0 Å². The first-order valence-electron chi connectivity index (χ1n) is 4.18. The lowest BCUT2D eigenvalue weighted by molar-refractivity contribution is -0.387. The second kappa shape index (κ2) is 4.65. The van der Waals surface area contributed by atoms with Gasteiger partial charge in [0, 0.05) is 13.0 Å². The van der Waals surface area contributed by atoms with Gasteiger partial charge in [-0.25, -0.2) is 4.39 Å². The number of esters is 1. The molecule has 0 spiro atoms. The van der Waals surface area contributed by atoms with Crippen LogP contribution < -0.4 is 0 Å².